The second-order valence-corrected chi connectivity index (χ2v) is 8.78. The van der Waals surface area contributed by atoms with E-state index in [2.05, 4.69) is 27.9 Å². The number of aliphatic hydroxyl groups excluding tert-OH is 2. The average Bonchev–Trinajstić information content (AvgIpc) is 2.64. The summed E-state index contributed by atoms with van der Waals surface area (Å²) >= 11 is 0. The van der Waals surface area contributed by atoms with Crippen LogP contribution < -0.4 is 12.4 Å². The van der Waals surface area contributed by atoms with Gasteiger partial charge in [0.2, 0.25) is 0 Å². The summed E-state index contributed by atoms with van der Waals surface area (Å²) in [5, 5.41) is 17.4. The van der Waals surface area contributed by atoms with E-state index in [1.165, 1.54) is 103 Å². The fourth-order valence-electron chi connectivity index (χ4n) is 3.30. The maximum absolute atomic E-state index is 8.95. The van der Waals surface area contributed by atoms with Crippen LogP contribution >= 0.6 is 0 Å². The first-order chi connectivity index (χ1) is 13.0. The van der Waals surface area contributed by atoms with Gasteiger partial charge < -0.3 is 27.1 Å². The molecular weight excluding hydrogens is 370 g/mol. The fourth-order valence-corrected chi connectivity index (χ4v) is 3.30. The monoisotopic (exact) mass is 423 g/mol. The molecule has 0 spiro atoms. The third kappa shape index (κ3) is 30.9. The van der Waals surface area contributed by atoms with E-state index in [0.29, 0.717) is 13.2 Å². The number of halogens is 1. The minimum atomic E-state index is 0. The summed E-state index contributed by atoms with van der Waals surface area (Å²) in [5.74, 6) is 0. The summed E-state index contributed by atoms with van der Waals surface area (Å²) < 4.78 is 0.966. The van der Waals surface area contributed by atoms with E-state index in [1.807, 2.05) is 0 Å². The molecule has 0 amide bonds. The van der Waals surface area contributed by atoms with Crippen LogP contribution in [0.15, 0.2) is 0 Å². The van der Waals surface area contributed by atoms with Gasteiger partial charge in [0.25, 0.3) is 0 Å². The van der Waals surface area contributed by atoms with Crippen molar-refractivity contribution >= 4 is 0 Å². The number of hydrogen-bond acceptors (Lipinski definition) is 2. The van der Waals surface area contributed by atoms with Crippen molar-refractivity contribution in [2.24, 2.45) is 0 Å². The zero-order valence-electron chi connectivity index (χ0n) is 19.9. The minimum Gasteiger partial charge on any atom is -1.00 e. The van der Waals surface area contributed by atoms with Crippen molar-refractivity contribution in [3.8, 4) is 0 Å². The Morgan fingerprint density at radius 1 is 0.464 bits per heavy atom. The third-order valence-corrected chi connectivity index (χ3v) is 5.33. The maximum Gasteiger partial charge on any atom is 0.102 e. The molecule has 0 aromatic carbocycles. The summed E-state index contributed by atoms with van der Waals surface area (Å²) in [5.41, 5.74) is 0. The third-order valence-electron chi connectivity index (χ3n) is 5.33. The summed E-state index contributed by atoms with van der Waals surface area (Å²) in [6, 6.07) is 0. The van der Waals surface area contributed by atoms with Gasteiger partial charge in [0.15, 0.2) is 0 Å². The van der Waals surface area contributed by atoms with Crippen LogP contribution in [0.4, 0.5) is 0 Å². The number of nitrogens with zero attached hydrogens (tertiary/aromatic N) is 1. The van der Waals surface area contributed by atoms with Gasteiger partial charge in [-0.1, -0.05) is 97.3 Å². The summed E-state index contributed by atoms with van der Waals surface area (Å²) in [6.07, 6.45) is 21.5. The molecule has 0 bridgehead atoms. The van der Waals surface area contributed by atoms with Crippen molar-refractivity contribution in [1.29, 1.82) is 0 Å². The maximum atomic E-state index is 8.95. The number of likely N-dealkylation sites (N-methyl/N-ethyl adjacent to an activating group) is 1. The van der Waals surface area contributed by atoms with Crippen molar-refractivity contribution in [3.63, 3.8) is 0 Å². The van der Waals surface area contributed by atoms with Crippen LogP contribution in [-0.2, 0) is 0 Å². The molecule has 2 N–H and O–H groups in total. The Balaban J connectivity index is -0.000000530. The van der Waals surface area contributed by atoms with E-state index in [9.17, 15) is 0 Å². The highest BCUT2D eigenvalue weighted by Gasteiger charge is 2.12. The molecule has 0 aliphatic rings. The molecule has 0 saturated heterocycles. The van der Waals surface area contributed by atoms with E-state index in [-0.39, 0.29) is 12.4 Å². The first-order valence-electron chi connectivity index (χ1n) is 12.1. The molecule has 0 aromatic rings. The van der Waals surface area contributed by atoms with Crippen LogP contribution in [0.2, 0.25) is 0 Å². The minimum absolute atomic E-state index is 0. The molecule has 174 valence electrons. The molecule has 3 nitrogen and oxygen atoms in total. The smallest absolute Gasteiger partial charge is 0.102 e. The van der Waals surface area contributed by atoms with Gasteiger partial charge in [0.1, 0.15) is 6.54 Å². The highest BCUT2D eigenvalue weighted by Crippen LogP contribution is 2.11. The molecule has 0 rings (SSSR count). The SMILES string of the molecule is CCCCCCCCCCCC[N+](C)(C)CCO.CCCCCCCCO.[Cl-]. The molecule has 4 heteroatoms. The highest BCUT2D eigenvalue weighted by atomic mass is 35.5. The summed E-state index contributed by atoms with van der Waals surface area (Å²) in [4.78, 5) is 0. The Labute approximate surface area is 184 Å². The van der Waals surface area contributed by atoms with Crippen LogP contribution in [0.5, 0.6) is 0 Å². The van der Waals surface area contributed by atoms with Crippen molar-refractivity contribution in [2.45, 2.75) is 117 Å². The fraction of sp³-hybridized carbons (Fsp3) is 1.00. The number of quaternary nitrogens is 1. The molecule has 0 atom stereocenters. The lowest BCUT2D eigenvalue weighted by Gasteiger charge is -2.28. The zero-order valence-corrected chi connectivity index (χ0v) is 20.6. The average molecular weight is 424 g/mol. The lowest BCUT2D eigenvalue weighted by Crippen LogP contribution is -3.00. The first kappa shape index (κ1) is 32.8. The normalized spacial score (nSPS) is 10.9. The Morgan fingerprint density at radius 3 is 1.18 bits per heavy atom. The van der Waals surface area contributed by atoms with Crippen molar-refractivity contribution in [1.82, 2.24) is 0 Å². The van der Waals surface area contributed by atoms with Gasteiger partial charge in [-0.3, -0.25) is 0 Å². The first-order valence-corrected chi connectivity index (χ1v) is 12.1. The Bertz CT molecular complexity index is 257. The molecule has 0 aromatic heterocycles. The van der Waals surface area contributed by atoms with Crippen LogP contribution in [0.25, 0.3) is 0 Å². The molecule has 0 fully saturated rings. The van der Waals surface area contributed by atoms with Crippen LogP contribution in [0, 0.1) is 0 Å². The molecule has 0 unspecified atom stereocenters. The van der Waals surface area contributed by atoms with Gasteiger partial charge in [-0.25, -0.2) is 0 Å². The van der Waals surface area contributed by atoms with Gasteiger partial charge >= 0.3 is 0 Å². The summed E-state index contributed by atoms with van der Waals surface area (Å²) in [7, 11) is 4.42. The van der Waals surface area contributed by atoms with E-state index in [4.69, 9.17) is 10.2 Å². The Morgan fingerprint density at radius 2 is 0.821 bits per heavy atom. The number of aliphatic hydroxyl groups is 2. The van der Waals surface area contributed by atoms with Crippen molar-refractivity contribution in [3.05, 3.63) is 0 Å². The molecule has 0 radical (unpaired) electrons. The van der Waals surface area contributed by atoms with Crippen molar-refractivity contribution < 1.29 is 27.1 Å². The topological polar surface area (TPSA) is 40.5 Å². The van der Waals surface area contributed by atoms with E-state index < -0.39 is 0 Å². The number of hydrogen-bond donors (Lipinski definition) is 2. The lowest BCUT2D eigenvalue weighted by atomic mass is 10.1. The quantitative estimate of drug-likeness (QED) is 0.247. The van der Waals surface area contributed by atoms with Crippen LogP contribution in [-0.4, -0.2) is 55.1 Å². The highest BCUT2D eigenvalue weighted by molar-refractivity contribution is 4.47. The molecule has 0 aliphatic carbocycles. The van der Waals surface area contributed by atoms with Gasteiger partial charge in [0, 0.05) is 6.61 Å². The van der Waals surface area contributed by atoms with Gasteiger partial charge in [-0.2, -0.15) is 0 Å². The van der Waals surface area contributed by atoms with Crippen molar-refractivity contribution in [2.75, 3.05) is 40.4 Å². The second-order valence-electron chi connectivity index (χ2n) is 8.78. The van der Waals surface area contributed by atoms with Gasteiger partial charge in [-0.15, -0.1) is 0 Å². The van der Waals surface area contributed by atoms with Crippen LogP contribution in [0.3, 0.4) is 0 Å². The Kier molecular flexibility index (Phi) is 31.9. The predicted octanol–water partition coefficient (Wildman–Crippen LogP) is 3.32. The predicted molar refractivity (Wildman–Crippen MR) is 121 cm³/mol. The number of rotatable bonds is 19. The van der Waals surface area contributed by atoms with Gasteiger partial charge in [-0.05, 0) is 19.3 Å². The summed E-state index contributed by atoms with van der Waals surface area (Å²) in [6.45, 7) is 7.26. The van der Waals surface area contributed by atoms with E-state index in [0.717, 1.165) is 17.4 Å². The molecule has 0 aliphatic heterocycles. The van der Waals surface area contributed by atoms with E-state index in [1.54, 1.807) is 0 Å². The standard InChI is InChI=1S/C16H36NO.C8H18O.ClH/c1-4-5-6-7-8-9-10-11-12-13-14-17(2,3)15-16-18;1-2-3-4-5-6-7-8-9;/h18H,4-16H2,1-3H3;9H,2-8H2,1H3;1H/q+1;;/p-1. The zero-order chi connectivity index (χ0) is 20.6. The molecule has 28 heavy (non-hydrogen) atoms. The lowest BCUT2D eigenvalue weighted by molar-refractivity contribution is -0.890. The van der Waals surface area contributed by atoms with E-state index >= 15 is 0 Å². The molecule has 0 heterocycles. The number of unbranched alkanes of at least 4 members (excludes halogenated alkanes) is 14. The van der Waals surface area contributed by atoms with Gasteiger partial charge in [0.05, 0.1) is 27.2 Å². The molecule has 0 saturated carbocycles. The second kappa shape index (κ2) is 27.2. The molecular formula is C24H54ClNO2. The Hall–Kier alpha value is 0.170. The van der Waals surface area contributed by atoms with Crippen LogP contribution in [0.1, 0.15) is 117 Å². The largest absolute Gasteiger partial charge is 1.00 e.